The molecule has 1 saturated heterocycles. The molecule has 0 radical (unpaired) electrons. The van der Waals surface area contributed by atoms with Gasteiger partial charge in [0.05, 0.1) is 31.8 Å². The molecule has 0 spiro atoms. The van der Waals surface area contributed by atoms with Gasteiger partial charge in [0, 0.05) is 12.6 Å². The Kier molecular flexibility index (Phi) is 20.6. The Hall–Kier alpha value is -3.39. The molecule has 11 nitrogen and oxygen atoms in total. The summed E-state index contributed by atoms with van der Waals surface area (Å²) in [6, 6.07) is 3.35. The van der Waals surface area contributed by atoms with Crippen molar-refractivity contribution in [2.75, 3.05) is 18.5 Å². The fraction of sp³-hybridized carbons (Fsp3) is 0.590. The molecule has 1 aromatic heterocycles. The van der Waals surface area contributed by atoms with Gasteiger partial charge in [0.25, 0.3) is 0 Å². The second-order valence-corrected chi connectivity index (χ2v) is 15.0. The first-order valence-corrected chi connectivity index (χ1v) is 19.6. The van der Waals surface area contributed by atoms with Crippen molar-refractivity contribution < 1.29 is 28.0 Å². The van der Waals surface area contributed by atoms with Gasteiger partial charge in [-0.3, -0.25) is 18.4 Å². The number of allylic oxidation sites excluding steroid dienone is 10. The van der Waals surface area contributed by atoms with Crippen LogP contribution in [-0.4, -0.2) is 39.7 Å². The third kappa shape index (κ3) is 19.7. The van der Waals surface area contributed by atoms with Crippen LogP contribution in [0, 0.1) is 11.3 Å². The molecule has 2 heterocycles. The predicted molar refractivity (Wildman–Crippen MR) is 203 cm³/mol. The first-order chi connectivity index (χ1) is 24.3. The van der Waals surface area contributed by atoms with Crippen LogP contribution in [0.3, 0.4) is 0 Å². The predicted octanol–water partition coefficient (Wildman–Crippen LogP) is 9.56. The van der Waals surface area contributed by atoms with Crippen LogP contribution in [0.4, 0.5) is 5.82 Å². The maximum Gasteiger partial charge on any atom is 0.472 e. The van der Waals surface area contributed by atoms with E-state index in [1.165, 1.54) is 33.1 Å². The number of rotatable bonds is 23. The van der Waals surface area contributed by atoms with E-state index in [0.717, 1.165) is 56.9 Å². The number of amides is 1. The maximum absolute atomic E-state index is 12.7. The van der Waals surface area contributed by atoms with Gasteiger partial charge < -0.3 is 14.9 Å². The highest BCUT2D eigenvalue weighted by molar-refractivity contribution is 7.47. The van der Waals surface area contributed by atoms with E-state index in [1.807, 2.05) is 13.0 Å². The second kappa shape index (κ2) is 24.0. The summed E-state index contributed by atoms with van der Waals surface area (Å²) >= 11 is 0. The number of nitrogens with zero attached hydrogens (tertiary/aromatic N) is 3. The molecule has 282 valence electrons. The fourth-order valence-electron chi connectivity index (χ4n) is 5.40. The zero-order valence-electron chi connectivity index (χ0n) is 31.5. The van der Waals surface area contributed by atoms with Crippen molar-refractivity contribution >= 4 is 19.5 Å². The van der Waals surface area contributed by atoms with Gasteiger partial charge in [-0.2, -0.15) is 10.2 Å². The van der Waals surface area contributed by atoms with Gasteiger partial charge in [-0.15, -0.1) is 0 Å². The monoisotopic (exact) mass is 726 g/mol. The molecule has 2 rings (SSSR count). The zero-order chi connectivity index (χ0) is 37.6. The molecule has 1 amide bonds. The maximum atomic E-state index is 12.7. The van der Waals surface area contributed by atoms with Crippen molar-refractivity contribution in [1.29, 1.82) is 5.26 Å². The molecular formula is C39H59N4O7P. The van der Waals surface area contributed by atoms with Crippen LogP contribution >= 0.6 is 7.82 Å². The molecule has 1 aliphatic heterocycles. The summed E-state index contributed by atoms with van der Waals surface area (Å²) in [5, 5.41) is 11.2. The summed E-state index contributed by atoms with van der Waals surface area (Å²) in [7, 11) is -4.30. The number of carbonyl (C=O) groups is 1. The van der Waals surface area contributed by atoms with Crippen molar-refractivity contribution in [1.82, 2.24) is 9.55 Å². The fourth-order valence-corrected chi connectivity index (χ4v) is 6.15. The average molecular weight is 727 g/mol. The molecule has 3 atom stereocenters. The molecule has 0 bridgehead atoms. The summed E-state index contributed by atoms with van der Waals surface area (Å²) in [5.41, 5.74) is 6.25. The highest BCUT2D eigenvalue weighted by Crippen LogP contribution is 2.44. The van der Waals surface area contributed by atoms with Crippen LogP contribution in [0.2, 0.25) is 0 Å². The lowest BCUT2D eigenvalue weighted by atomic mass is 10.0. The number of unbranched alkanes of at least 4 members (excludes halogenated alkanes) is 1. The summed E-state index contributed by atoms with van der Waals surface area (Å²) in [6.07, 6.45) is 22.2. The van der Waals surface area contributed by atoms with Crippen LogP contribution in [0.5, 0.6) is 0 Å². The van der Waals surface area contributed by atoms with Crippen LogP contribution in [-0.2, 0) is 23.1 Å². The molecule has 1 aliphatic rings. The minimum Gasteiger partial charge on any atom is -0.352 e. The second-order valence-electron chi connectivity index (χ2n) is 13.5. The largest absolute Gasteiger partial charge is 0.472 e. The van der Waals surface area contributed by atoms with Crippen molar-refractivity contribution in [3.8, 4) is 6.07 Å². The van der Waals surface area contributed by atoms with Gasteiger partial charge in [-0.1, -0.05) is 58.2 Å². The van der Waals surface area contributed by atoms with Gasteiger partial charge in [0.2, 0.25) is 5.91 Å². The number of hydrogen-bond acceptors (Lipinski definition) is 8. The summed E-state index contributed by atoms with van der Waals surface area (Å²) in [4.78, 5) is 38.9. The van der Waals surface area contributed by atoms with Crippen LogP contribution < -0.4 is 11.0 Å². The molecule has 1 fully saturated rings. The normalized spacial score (nSPS) is 18.3. The number of hydrogen-bond donors (Lipinski definition) is 2. The first kappa shape index (κ1) is 43.8. The van der Waals surface area contributed by atoms with Crippen molar-refractivity contribution in [2.45, 2.75) is 137 Å². The number of ether oxygens (including phenoxy) is 1. The van der Waals surface area contributed by atoms with Crippen LogP contribution in [0.1, 0.15) is 131 Å². The molecular weight excluding hydrogens is 667 g/mol. The molecule has 12 heteroatoms. The van der Waals surface area contributed by atoms with Crippen molar-refractivity contribution in [3.05, 3.63) is 81.0 Å². The number of carbonyl (C=O) groups excluding carboxylic acids is 1. The Balaban J connectivity index is 1.67. The standard InChI is InChI=1S/C39H59N4O7P/c1-30(2)13-9-16-33(5)19-10-17-31(3)14-7-8-15-32(4)18-11-20-34(6)21-23-37(44)41-36-25-27-43(39(45)42-36)38-24-22-35(50-38)29-49-51(46,47)48-28-12-26-40/h13-15,19-20,25,27,35,38H,7-12,16-18,21-24,28-29H2,1-6H3,(H,46,47)(H,41,42,44,45)/b31-14+,32-15+,33-19+,34-20+/t35-,38+/m0/s1. The highest BCUT2D eigenvalue weighted by Gasteiger charge is 2.31. The number of phosphoric ester groups is 1. The molecule has 0 saturated carbocycles. The van der Waals surface area contributed by atoms with Gasteiger partial charge in [-0.25, -0.2) is 9.36 Å². The number of phosphoric acid groups is 1. The molecule has 0 aromatic carbocycles. The van der Waals surface area contributed by atoms with E-state index in [4.69, 9.17) is 19.0 Å². The Morgan fingerprint density at radius 1 is 0.922 bits per heavy atom. The SMILES string of the molecule is CC(C)=CCC/C(C)=C/CC/C(C)=C/CC/C=C(\C)CC/C=C(\C)CCC(=O)Nc1ccn([C@H]2CC[C@@H](COP(=O)(O)OCCC#N)O2)c(=O)n1. The zero-order valence-corrected chi connectivity index (χ0v) is 32.4. The minimum atomic E-state index is -4.30. The van der Waals surface area contributed by atoms with E-state index < -0.39 is 25.8 Å². The van der Waals surface area contributed by atoms with Gasteiger partial charge >= 0.3 is 13.5 Å². The highest BCUT2D eigenvalue weighted by atomic mass is 31.2. The number of aromatic nitrogens is 2. The number of anilines is 1. The quantitative estimate of drug-likeness (QED) is 0.0638. The van der Waals surface area contributed by atoms with E-state index in [2.05, 4.69) is 75.3 Å². The van der Waals surface area contributed by atoms with E-state index in [1.54, 1.807) is 6.07 Å². The summed E-state index contributed by atoms with van der Waals surface area (Å²) < 4.78 is 28.7. The Bertz CT molecular complexity index is 1560. The topological polar surface area (TPSA) is 153 Å². The van der Waals surface area contributed by atoms with E-state index >= 15 is 0 Å². The van der Waals surface area contributed by atoms with Crippen molar-refractivity contribution in [2.24, 2.45) is 0 Å². The smallest absolute Gasteiger partial charge is 0.352 e. The van der Waals surface area contributed by atoms with E-state index in [-0.39, 0.29) is 37.8 Å². The molecule has 2 N–H and O–H groups in total. The third-order valence-corrected chi connectivity index (χ3v) is 9.42. The lowest BCUT2D eigenvalue weighted by molar-refractivity contribution is -0.116. The Labute approximate surface area is 304 Å². The minimum absolute atomic E-state index is 0.0352. The summed E-state index contributed by atoms with van der Waals surface area (Å²) in [6.45, 7) is 12.5. The molecule has 0 aliphatic carbocycles. The Morgan fingerprint density at radius 3 is 2.06 bits per heavy atom. The number of nitriles is 1. The van der Waals surface area contributed by atoms with Crippen LogP contribution in [0.15, 0.2) is 75.3 Å². The lowest BCUT2D eigenvalue weighted by Gasteiger charge is -2.17. The summed E-state index contributed by atoms with van der Waals surface area (Å²) in [5.74, 6) is -0.0582. The van der Waals surface area contributed by atoms with Gasteiger partial charge in [-0.05, 0) is 118 Å². The van der Waals surface area contributed by atoms with Gasteiger partial charge in [0.1, 0.15) is 12.0 Å². The molecule has 1 unspecified atom stereocenters. The third-order valence-electron chi connectivity index (χ3n) is 8.44. The molecule has 51 heavy (non-hydrogen) atoms. The van der Waals surface area contributed by atoms with E-state index in [0.29, 0.717) is 19.3 Å². The molecule has 1 aromatic rings. The van der Waals surface area contributed by atoms with Gasteiger partial charge in [0.15, 0.2) is 0 Å². The Morgan fingerprint density at radius 2 is 1.49 bits per heavy atom. The van der Waals surface area contributed by atoms with E-state index in [9.17, 15) is 19.0 Å². The lowest BCUT2D eigenvalue weighted by Crippen LogP contribution is -2.28. The number of nitrogens with one attached hydrogen (secondary N) is 1. The first-order valence-electron chi connectivity index (χ1n) is 18.1. The van der Waals surface area contributed by atoms with Crippen molar-refractivity contribution in [3.63, 3.8) is 0 Å². The van der Waals surface area contributed by atoms with Crippen LogP contribution in [0.25, 0.3) is 0 Å². The average Bonchev–Trinajstić information content (AvgIpc) is 3.54.